The minimum absolute atomic E-state index is 0.110. The van der Waals surface area contributed by atoms with Gasteiger partial charge in [0.25, 0.3) is 5.91 Å². The summed E-state index contributed by atoms with van der Waals surface area (Å²) >= 11 is 0. The third-order valence-corrected chi connectivity index (χ3v) is 7.02. The molecule has 2 saturated heterocycles. The molecule has 170 valence electrons. The van der Waals surface area contributed by atoms with Crippen LogP contribution in [-0.4, -0.2) is 51.6 Å². The van der Waals surface area contributed by atoms with Crippen LogP contribution in [0.3, 0.4) is 0 Å². The molecule has 1 unspecified atom stereocenters. The number of rotatable bonds is 4. The minimum atomic E-state index is -0.713. The summed E-state index contributed by atoms with van der Waals surface area (Å²) in [4.78, 5) is 43.7. The molecule has 3 aliphatic heterocycles. The average molecular weight is 449 g/mol. The van der Waals surface area contributed by atoms with E-state index in [2.05, 4.69) is 21.3 Å². The highest BCUT2D eigenvalue weighted by atomic mass is 19.1. The Kier molecular flexibility index (Phi) is 5.46. The molecule has 1 aromatic carbocycles. The minimum Gasteiger partial charge on any atom is -0.363 e. The second kappa shape index (κ2) is 8.45. The van der Waals surface area contributed by atoms with Gasteiger partial charge >= 0.3 is 0 Å². The number of nitriles is 1. The maximum Gasteiger partial charge on any atom is 0.255 e. The van der Waals surface area contributed by atoms with Gasteiger partial charge in [-0.25, -0.2) is 4.39 Å². The first-order chi connectivity index (χ1) is 15.9. The van der Waals surface area contributed by atoms with Crippen LogP contribution in [0.2, 0.25) is 0 Å². The van der Waals surface area contributed by atoms with Crippen molar-refractivity contribution in [3.05, 3.63) is 58.2 Å². The number of fused-ring (bicyclic) bond motifs is 1. The van der Waals surface area contributed by atoms with Crippen LogP contribution < -0.4 is 5.32 Å². The Balaban J connectivity index is 1.32. The molecule has 0 spiro atoms. The van der Waals surface area contributed by atoms with Crippen LogP contribution in [-0.2, 0) is 22.7 Å². The molecule has 1 atom stereocenters. The van der Waals surface area contributed by atoms with E-state index in [0.717, 1.165) is 42.8 Å². The molecule has 33 heavy (non-hydrogen) atoms. The van der Waals surface area contributed by atoms with Gasteiger partial charge in [0.05, 0.1) is 5.56 Å². The highest BCUT2D eigenvalue weighted by molar-refractivity contribution is 6.05. The van der Waals surface area contributed by atoms with Crippen LogP contribution in [0, 0.1) is 17.1 Å². The van der Waals surface area contributed by atoms with Crippen LogP contribution in [0.25, 0.3) is 0 Å². The van der Waals surface area contributed by atoms with E-state index in [9.17, 15) is 24.0 Å². The van der Waals surface area contributed by atoms with E-state index >= 15 is 0 Å². The summed E-state index contributed by atoms with van der Waals surface area (Å²) < 4.78 is 14.5. The fourth-order valence-corrected chi connectivity index (χ4v) is 5.28. The molecule has 3 amide bonds. The Morgan fingerprint density at radius 1 is 1.15 bits per heavy atom. The highest BCUT2D eigenvalue weighted by Gasteiger charge is 2.41. The summed E-state index contributed by atoms with van der Waals surface area (Å²) in [7, 11) is 0. The summed E-state index contributed by atoms with van der Waals surface area (Å²) in [5.74, 6) is -1.49. The molecule has 2 fully saturated rings. The van der Waals surface area contributed by atoms with Crippen LogP contribution in [0.4, 0.5) is 4.39 Å². The molecule has 2 N–H and O–H groups in total. The Morgan fingerprint density at radius 3 is 2.67 bits per heavy atom. The van der Waals surface area contributed by atoms with Crippen molar-refractivity contribution in [1.82, 2.24) is 20.1 Å². The number of H-pyrrole nitrogens is 1. The molecule has 2 aromatic rings. The van der Waals surface area contributed by atoms with Gasteiger partial charge < -0.3 is 9.88 Å². The Bertz CT molecular complexity index is 1180. The number of nitrogens with one attached hydrogen (secondary N) is 2. The first-order valence-corrected chi connectivity index (χ1v) is 11.2. The van der Waals surface area contributed by atoms with Gasteiger partial charge in [-0.15, -0.1) is 0 Å². The number of likely N-dealkylation sites (tertiary alicyclic amines) is 1. The molecular formula is C24H24FN5O3. The molecular weight excluding hydrogens is 425 g/mol. The van der Waals surface area contributed by atoms with E-state index in [4.69, 9.17) is 0 Å². The number of imide groups is 1. The van der Waals surface area contributed by atoms with E-state index in [1.807, 2.05) is 0 Å². The molecule has 0 aliphatic carbocycles. The summed E-state index contributed by atoms with van der Waals surface area (Å²) in [6.07, 6.45) is 3.85. The van der Waals surface area contributed by atoms with Crippen LogP contribution in [0.15, 0.2) is 24.4 Å². The van der Waals surface area contributed by atoms with Gasteiger partial charge in [-0.3, -0.25) is 24.6 Å². The number of aromatic amines is 1. The molecule has 5 rings (SSSR count). The zero-order chi connectivity index (χ0) is 23.1. The van der Waals surface area contributed by atoms with Gasteiger partial charge in [0, 0.05) is 37.0 Å². The molecule has 0 bridgehead atoms. The fraction of sp³-hybridized carbons (Fsp3) is 0.417. The van der Waals surface area contributed by atoms with Crippen molar-refractivity contribution in [3.63, 3.8) is 0 Å². The first-order valence-electron chi connectivity index (χ1n) is 11.2. The molecule has 0 radical (unpaired) electrons. The first kappa shape index (κ1) is 21.3. The highest BCUT2D eigenvalue weighted by Crippen LogP contribution is 2.38. The number of halogens is 1. The van der Waals surface area contributed by atoms with Crippen molar-refractivity contribution in [2.45, 2.75) is 50.7 Å². The number of hydrogen-bond donors (Lipinski definition) is 2. The van der Waals surface area contributed by atoms with Crippen LogP contribution in [0.5, 0.6) is 0 Å². The Morgan fingerprint density at radius 2 is 1.94 bits per heavy atom. The van der Waals surface area contributed by atoms with Crippen LogP contribution >= 0.6 is 0 Å². The third-order valence-electron chi connectivity index (χ3n) is 7.02. The number of carbonyl (C=O) groups excluding carboxylic acids is 3. The van der Waals surface area contributed by atoms with Gasteiger partial charge in [0.2, 0.25) is 11.8 Å². The Hall–Kier alpha value is -3.51. The Labute approximate surface area is 190 Å². The lowest BCUT2D eigenvalue weighted by Crippen LogP contribution is -2.52. The summed E-state index contributed by atoms with van der Waals surface area (Å²) in [5, 5.41) is 11.5. The SMILES string of the molecule is N#Cc1cc[nH]c1CN1CCC(c2cc(F)cc3c2CN(C2CCC(=O)NC2=O)C3=O)CC1. The number of aromatic nitrogens is 1. The normalized spacial score (nSPS) is 21.8. The van der Waals surface area contributed by atoms with Gasteiger partial charge in [-0.1, -0.05) is 0 Å². The van der Waals surface area contributed by atoms with E-state index in [-0.39, 0.29) is 37.1 Å². The second-order valence-corrected chi connectivity index (χ2v) is 8.95. The molecule has 4 heterocycles. The van der Waals surface area contributed by atoms with Crippen molar-refractivity contribution >= 4 is 17.7 Å². The summed E-state index contributed by atoms with van der Waals surface area (Å²) in [5.41, 5.74) is 3.49. The topological polar surface area (TPSA) is 109 Å². The smallest absolute Gasteiger partial charge is 0.255 e. The maximum absolute atomic E-state index is 14.5. The number of amides is 3. The van der Waals surface area contributed by atoms with Crippen LogP contribution in [0.1, 0.15) is 64.3 Å². The van der Waals surface area contributed by atoms with Gasteiger partial charge in [0.15, 0.2) is 0 Å². The predicted molar refractivity (Wildman–Crippen MR) is 115 cm³/mol. The third kappa shape index (κ3) is 3.91. The standard InChI is InChI=1S/C24H24FN5O3/c25-16-9-17(14-4-7-29(8-5-14)13-20-15(11-26)3-6-27-20)19-12-30(24(33)18(19)10-16)21-1-2-22(31)28-23(21)32/h3,6,9-10,14,21,27H,1-2,4-5,7-8,12-13H2,(H,28,31,32). The molecule has 3 aliphatic rings. The number of piperidine rings is 2. The van der Waals surface area contributed by atoms with Crippen molar-refractivity contribution in [2.24, 2.45) is 0 Å². The van der Waals surface area contributed by atoms with Gasteiger partial charge in [-0.2, -0.15) is 5.26 Å². The lowest BCUT2D eigenvalue weighted by atomic mass is 9.85. The molecule has 8 nitrogen and oxygen atoms in total. The zero-order valence-electron chi connectivity index (χ0n) is 18.1. The van der Waals surface area contributed by atoms with E-state index in [0.29, 0.717) is 17.7 Å². The molecule has 9 heteroatoms. The molecule has 0 saturated carbocycles. The second-order valence-electron chi connectivity index (χ2n) is 8.95. The number of nitrogens with zero attached hydrogens (tertiary/aromatic N) is 3. The maximum atomic E-state index is 14.5. The van der Waals surface area contributed by atoms with E-state index < -0.39 is 17.8 Å². The van der Waals surface area contributed by atoms with E-state index in [1.165, 1.54) is 17.0 Å². The van der Waals surface area contributed by atoms with Gasteiger partial charge in [-0.05, 0) is 67.6 Å². The monoisotopic (exact) mass is 449 g/mol. The van der Waals surface area contributed by atoms with E-state index in [1.54, 1.807) is 12.3 Å². The average Bonchev–Trinajstić information content (AvgIpc) is 3.38. The lowest BCUT2D eigenvalue weighted by molar-refractivity contribution is -0.136. The predicted octanol–water partition coefficient (Wildman–Crippen LogP) is 2.17. The van der Waals surface area contributed by atoms with Crippen molar-refractivity contribution < 1.29 is 18.8 Å². The lowest BCUT2D eigenvalue weighted by Gasteiger charge is -2.33. The van der Waals surface area contributed by atoms with Crippen molar-refractivity contribution in [2.75, 3.05) is 13.1 Å². The quantitative estimate of drug-likeness (QED) is 0.696. The van der Waals surface area contributed by atoms with Crippen molar-refractivity contribution in [3.8, 4) is 6.07 Å². The zero-order valence-corrected chi connectivity index (χ0v) is 18.1. The molecule has 1 aromatic heterocycles. The largest absolute Gasteiger partial charge is 0.363 e. The summed E-state index contributed by atoms with van der Waals surface area (Å²) in [6.45, 7) is 2.51. The van der Waals surface area contributed by atoms with Gasteiger partial charge in [0.1, 0.15) is 17.9 Å². The fourth-order valence-electron chi connectivity index (χ4n) is 5.28. The summed E-state index contributed by atoms with van der Waals surface area (Å²) in [6, 6.07) is 6.03. The number of hydrogen-bond acceptors (Lipinski definition) is 5. The number of carbonyl (C=O) groups is 3. The van der Waals surface area contributed by atoms with Crippen molar-refractivity contribution in [1.29, 1.82) is 5.26 Å². The number of benzene rings is 1.